The quantitative estimate of drug-likeness (QED) is 0.194. The molecular formula is C23H32N2O2S. The SMILES string of the molecule is CCCCC#Cc1c(SCCC(=O)OCC(CC)CCCC)ccnc1C#N. The van der Waals surface area contributed by atoms with E-state index >= 15 is 0 Å². The molecule has 0 spiro atoms. The number of pyridine rings is 1. The first-order chi connectivity index (χ1) is 13.7. The molecule has 0 fully saturated rings. The summed E-state index contributed by atoms with van der Waals surface area (Å²) in [4.78, 5) is 17.1. The zero-order valence-electron chi connectivity index (χ0n) is 17.4. The fourth-order valence-corrected chi connectivity index (χ4v) is 3.55. The van der Waals surface area contributed by atoms with Crippen LogP contribution in [0.5, 0.6) is 0 Å². The Morgan fingerprint density at radius 3 is 2.75 bits per heavy atom. The molecule has 4 nitrogen and oxygen atoms in total. The summed E-state index contributed by atoms with van der Waals surface area (Å²) in [5, 5.41) is 9.30. The Morgan fingerprint density at radius 1 is 1.29 bits per heavy atom. The molecule has 28 heavy (non-hydrogen) atoms. The third-order valence-electron chi connectivity index (χ3n) is 4.47. The molecule has 0 aliphatic rings. The number of thioether (sulfide) groups is 1. The van der Waals surface area contributed by atoms with E-state index in [4.69, 9.17) is 4.74 Å². The van der Waals surface area contributed by atoms with E-state index in [1.54, 1.807) is 6.20 Å². The van der Waals surface area contributed by atoms with Gasteiger partial charge in [0.25, 0.3) is 0 Å². The lowest BCUT2D eigenvalue weighted by molar-refractivity contribution is -0.144. The number of rotatable bonds is 12. The number of carbonyl (C=O) groups excluding carboxylic acids is 1. The van der Waals surface area contributed by atoms with Crippen molar-refractivity contribution in [2.24, 2.45) is 5.92 Å². The van der Waals surface area contributed by atoms with Crippen LogP contribution in [0.25, 0.3) is 0 Å². The van der Waals surface area contributed by atoms with Crippen molar-refractivity contribution < 1.29 is 9.53 Å². The van der Waals surface area contributed by atoms with E-state index in [9.17, 15) is 10.1 Å². The lowest BCUT2D eigenvalue weighted by atomic mass is 10.0. The summed E-state index contributed by atoms with van der Waals surface area (Å²) in [5.74, 6) is 7.13. The van der Waals surface area contributed by atoms with Crippen molar-refractivity contribution in [2.45, 2.75) is 77.0 Å². The maximum Gasteiger partial charge on any atom is 0.306 e. The van der Waals surface area contributed by atoms with Crippen molar-refractivity contribution in [2.75, 3.05) is 12.4 Å². The van der Waals surface area contributed by atoms with Gasteiger partial charge in [-0.05, 0) is 24.8 Å². The third-order valence-corrected chi connectivity index (χ3v) is 5.53. The maximum absolute atomic E-state index is 12.1. The highest BCUT2D eigenvalue weighted by Gasteiger charge is 2.12. The first-order valence-electron chi connectivity index (χ1n) is 10.3. The minimum atomic E-state index is -0.160. The summed E-state index contributed by atoms with van der Waals surface area (Å²) in [5.41, 5.74) is 1.02. The van der Waals surface area contributed by atoms with Gasteiger partial charge in [0, 0.05) is 23.3 Å². The molecule has 1 rings (SSSR count). The van der Waals surface area contributed by atoms with Gasteiger partial charge < -0.3 is 4.74 Å². The van der Waals surface area contributed by atoms with Gasteiger partial charge in [0.05, 0.1) is 18.6 Å². The number of aromatic nitrogens is 1. The normalized spacial score (nSPS) is 11.2. The summed E-state index contributed by atoms with van der Waals surface area (Å²) in [6.45, 7) is 6.96. The Balaban J connectivity index is 2.56. The van der Waals surface area contributed by atoms with E-state index in [2.05, 4.69) is 43.7 Å². The zero-order chi connectivity index (χ0) is 20.6. The fourth-order valence-electron chi connectivity index (χ4n) is 2.61. The summed E-state index contributed by atoms with van der Waals surface area (Å²) < 4.78 is 5.45. The van der Waals surface area contributed by atoms with Crippen LogP contribution in [-0.4, -0.2) is 23.3 Å². The second-order valence-electron chi connectivity index (χ2n) is 6.75. The highest BCUT2D eigenvalue weighted by Crippen LogP contribution is 2.24. The Hall–Kier alpha value is -1.98. The molecule has 0 bridgehead atoms. The van der Waals surface area contributed by atoms with Crippen LogP contribution < -0.4 is 0 Å². The lowest BCUT2D eigenvalue weighted by Gasteiger charge is -2.14. The molecule has 1 aromatic heterocycles. The average Bonchev–Trinajstić information content (AvgIpc) is 2.71. The summed E-state index contributed by atoms with van der Waals surface area (Å²) in [6.07, 6.45) is 9.41. The molecule has 0 radical (unpaired) electrons. The van der Waals surface area contributed by atoms with E-state index in [0.29, 0.717) is 36.0 Å². The van der Waals surface area contributed by atoms with Crippen LogP contribution in [-0.2, 0) is 9.53 Å². The van der Waals surface area contributed by atoms with E-state index in [0.717, 1.165) is 37.0 Å². The van der Waals surface area contributed by atoms with Crippen molar-refractivity contribution in [1.82, 2.24) is 4.98 Å². The molecule has 152 valence electrons. The first-order valence-corrected chi connectivity index (χ1v) is 11.3. The highest BCUT2D eigenvalue weighted by molar-refractivity contribution is 7.99. The Morgan fingerprint density at radius 2 is 2.07 bits per heavy atom. The van der Waals surface area contributed by atoms with Crippen LogP contribution >= 0.6 is 11.8 Å². The molecule has 1 heterocycles. The molecule has 0 saturated heterocycles. The molecule has 5 heteroatoms. The second-order valence-corrected chi connectivity index (χ2v) is 7.88. The summed E-state index contributed by atoms with van der Waals surface area (Å²) in [6, 6.07) is 3.97. The first kappa shape index (κ1) is 24.1. The number of hydrogen-bond acceptors (Lipinski definition) is 5. The van der Waals surface area contributed by atoms with Crippen LogP contribution in [0.4, 0.5) is 0 Å². The number of carbonyl (C=O) groups is 1. The topological polar surface area (TPSA) is 63.0 Å². The van der Waals surface area contributed by atoms with Gasteiger partial charge in [0.2, 0.25) is 0 Å². The van der Waals surface area contributed by atoms with Crippen LogP contribution in [0.3, 0.4) is 0 Å². The van der Waals surface area contributed by atoms with Crippen molar-refractivity contribution in [3.63, 3.8) is 0 Å². The van der Waals surface area contributed by atoms with Gasteiger partial charge >= 0.3 is 5.97 Å². The Labute approximate surface area is 174 Å². The van der Waals surface area contributed by atoms with Gasteiger partial charge in [-0.15, -0.1) is 11.8 Å². The zero-order valence-corrected chi connectivity index (χ0v) is 18.2. The molecule has 0 aliphatic heterocycles. The summed E-state index contributed by atoms with van der Waals surface area (Å²) >= 11 is 1.53. The number of ether oxygens (including phenoxy) is 1. The van der Waals surface area contributed by atoms with Crippen molar-refractivity contribution in [1.29, 1.82) is 5.26 Å². The molecule has 1 unspecified atom stereocenters. The molecule has 0 saturated carbocycles. The minimum absolute atomic E-state index is 0.160. The van der Waals surface area contributed by atoms with Gasteiger partial charge in [-0.2, -0.15) is 5.26 Å². The largest absolute Gasteiger partial charge is 0.465 e. The molecule has 0 aromatic carbocycles. The minimum Gasteiger partial charge on any atom is -0.465 e. The predicted molar refractivity (Wildman–Crippen MR) is 115 cm³/mol. The van der Waals surface area contributed by atoms with Gasteiger partial charge in [0.15, 0.2) is 5.69 Å². The smallest absolute Gasteiger partial charge is 0.306 e. The van der Waals surface area contributed by atoms with Crippen LogP contribution in [0.15, 0.2) is 17.2 Å². The highest BCUT2D eigenvalue weighted by atomic mass is 32.2. The second kappa shape index (κ2) is 15.0. The van der Waals surface area contributed by atoms with Crippen molar-refractivity contribution in [3.8, 4) is 17.9 Å². The Kier molecular flexibility index (Phi) is 12.9. The number of unbranched alkanes of at least 4 members (excludes halogenated alkanes) is 3. The van der Waals surface area contributed by atoms with Gasteiger partial charge in [-0.25, -0.2) is 4.98 Å². The number of hydrogen-bond donors (Lipinski definition) is 0. The molecule has 1 aromatic rings. The van der Waals surface area contributed by atoms with E-state index in [1.165, 1.54) is 24.6 Å². The fraction of sp³-hybridized carbons (Fsp3) is 0.609. The van der Waals surface area contributed by atoms with Gasteiger partial charge in [0.1, 0.15) is 6.07 Å². The number of nitriles is 1. The monoisotopic (exact) mass is 400 g/mol. The van der Waals surface area contributed by atoms with Crippen LogP contribution in [0, 0.1) is 29.1 Å². The predicted octanol–water partition coefficient (Wildman–Crippen LogP) is 5.74. The van der Waals surface area contributed by atoms with E-state index < -0.39 is 0 Å². The average molecular weight is 401 g/mol. The van der Waals surface area contributed by atoms with Gasteiger partial charge in [-0.1, -0.05) is 58.3 Å². The molecule has 0 N–H and O–H groups in total. The van der Waals surface area contributed by atoms with Crippen molar-refractivity contribution in [3.05, 3.63) is 23.5 Å². The molecule has 1 atom stereocenters. The number of esters is 1. The van der Waals surface area contributed by atoms with Crippen molar-refractivity contribution >= 4 is 17.7 Å². The van der Waals surface area contributed by atoms with Crippen LogP contribution in [0.2, 0.25) is 0 Å². The van der Waals surface area contributed by atoms with E-state index in [-0.39, 0.29) is 5.97 Å². The Bertz CT molecular complexity index is 701. The number of nitrogens with zero attached hydrogens (tertiary/aromatic N) is 2. The standard InChI is InChI=1S/C23H32N2O2S/c1-4-7-9-10-12-20-21(17-24)25-15-13-22(20)28-16-14-23(26)27-18-19(6-3)11-8-5-2/h13,15,19H,4-9,11,14,16,18H2,1-3H3. The van der Waals surface area contributed by atoms with Gasteiger partial charge in [-0.3, -0.25) is 4.79 Å². The van der Waals surface area contributed by atoms with E-state index in [1.807, 2.05) is 6.07 Å². The lowest BCUT2D eigenvalue weighted by Crippen LogP contribution is -2.14. The summed E-state index contributed by atoms with van der Waals surface area (Å²) in [7, 11) is 0. The third kappa shape index (κ3) is 9.29. The molecular weight excluding hydrogens is 368 g/mol. The maximum atomic E-state index is 12.1. The molecule has 0 amide bonds. The van der Waals surface area contributed by atoms with Crippen LogP contribution in [0.1, 0.15) is 83.4 Å². The molecule has 0 aliphatic carbocycles.